The molecule has 1 aromatic carbocycles. The minimum atomic E-state index is -0.783. The first-order valence-electron chi connectivity index (χ1n) is 8.55. The van der Waals surface area contributed by atoms with Crippen molar-refractivity contribution in [3.05, 3.63) is 53.2 Å². The van der Waals surface area contributed by atoms with Crippen LogP contribution in [0.4, 0.5) is 10.2 Å². The molecule has 0 aliphatic carbocycles. The van der Waals surface area contributed by atoms with Crippen molar-refractivity contribution in [3.8, 4) is 28.8 Å². The topological polar surface area (TPSA) is 137 Å². The lowest BCUT2D eigenvalue weighted by molar-refractivity contribution is 0.607. The van der Waals surface area contributed by atoms with Gasteiger partial charge >= 0.3 is 0 Å². The first-order valence-corrected chi connectivity index (χ1v) is 8.55. The summed E-state index contributed by atoms with van der Waals surface area (Å²) in [5.41, 5.74) is 8.34. The van der Waals surface area contributed by atoms with Gasteiger partial charge in [-0.3, -0.25) is 0 Å². The lowest BCUT2D eigenvalue weighted by atomic mass is 10.0. The maximum absolute atomic E-state index is 14.7. The standard InChI is InChI=1S/C18H15FN10/c1-10-11(6-20)4-3-5-13(10)18-23-16(15(19)17(21)24-18)14-9-29(27-25-14)8-12-7-22-28(2)26-12/h3-5,7,9H,8H2,1-2H3,(H2,21,23,24). The summed E-state index contributed by atoms with van der Waals surface area (Å²) in [6.45, 7) is 2.09. The Hall–Kier alpha value is -4.20. The number of nitrogens with zero attached hydrogens (tertiary/aromatic N) is 9. The number of hydrogen-bond donors (Lipinski definition) is 1. The molecule has 0 radical (unpaired) electrons. The van der Waals surface area contributed by atoms with Crippen LogP contribution in [-0.4, -0.2) is 40.0 Å². The van der Waals surface area contributed by atoms with E-state index in [4.69, 9.17) is 5.73 Å². The zero-order valence-electron chi connectivity index (χ0n) is 15.6. The van der Waals surface area contributed by atoms with Gasteiger partial charge in [0.05, 0.1) is 30.6 Å². The fourth-order valence-electron chi connectivity index (χ4n) is 2.86. The Bertz CT molecular complexity index is 1250. The van der Waals surface area contributed by atoms with Crippen molar-refractivity contribution in [3.63, 3.8) is 0 Å². The molecule has 4 aromatic rings. The Balaban J connectivity index is 1.75. The second-order valence-electron chi connectivity index (χ2n) is 6.31. The van der Waals surface area contributed by atoms with Crippen molar-refractivity contribution in [2.75, 3.05) is 5.73 Å². The highest BCUT2D eigenvalue weighted by atomic mass is 19.1. The molecule has 10 nitrogen and oxygen atoms in total. The van der Waals surface area contributed by atoms with Gasteiger partial charge in [-0.05, 0) is 18.6 Å². The summed E-state index contributed by atoms with van der Waals surface area (Å²) in [5.74, 6) is -0.887. The average molecular weight is 390 g/mol. The molecule has 0 fully saturated rings. The predicted octanol–water partition coefficient (Wildman–Crippen LogP) is 1.48. The molecule has 0 atom stereocenters. The molecule has 29 heavy (non-hydrogen) atoms. The maximum atomic E-state index is 14.7. The molecule has 0 aliphatic heterocycles. The summed E-state index contributed by atoms with van der Waals surface area (Å²) in [6, 6.07) is 7.25. The van der Waals surface area contributed by atoms with E-state index in [0.717, 1.165) is 0 Å². The Morgan fingerprint density at radius 1 is 1.28 bits per heavy atom. The SMILES string of the molecule is Cc1c(C#N)cccc1-c1nc(N)c(F)c(-c2cn(Cc3cnn(C)n3)nn2)n1. The molecule has 11 heteroatoms. The summed E-state index contributed by atoms with van der Waals surface area (Å²) < 4.78 is 16.2. The van der Waals surface area contributed by atoms with Crippen LogP contribution in [0.25, 0.3) is 22.8 Å². The Kier molecular flexibility index (Phi) is 4.44. The van der Waals surface area contributed by atoms with Crippen LogP contribution in [0.2, 0.25) is 0 Å². The highest BCUT2D eigenvalue weighted by Crippen LogP contribution is 2.28. The largest absolute Gasteiger partial charge is 0.381 e. The summed E-state index contributed by atoms with van der Waals surface area (Å²) in [5, 5.41) is 25.4. The first kappa shape index (κ1) is 18.2. The normalized spacial score (nSPS) is 10.8. The summed E-state index contributed by atoms with van der Waals surface area (Å²) in [6.07, 6.45) is 3.15. The van der Waals surface area contributed by atoms with Gasteiger partial charge in [0.1, 0.15) is 17.1 Å². The van der Waals surface area contributed by atoms with Gasteiger partial charge in [-0.2, -0.15) is 20.3 Å². The Morgan fingerprint density at radius 2 is 2.10 bits per heavy atom. The molecule has 0 amide bonds. The average Bonchev–Trinajstić information content (AvgIpc) is 3.33. The third-order valence-electron chi connectivity index (χ3n) is 4.32. The molecule has 0 aliphatic rings. The minimum absolute atomic E-state index is 0.0698. The molecule has 0 spiro atoms. The van der Waals surface area contributed by atoms with Crippen molar-refractivity contribution in [2.24, 2.45) is 7.05 Å². The van der Waals surface area contributed by atoms with Crippen LogP contribution in [0.15, 0.2) is 30.6 Å². The van der Waals surface area contributed by atoms with Crippen molar-refractivity contribution < 1.29 is 4.39 Å². The number of nitrogens with two attached hydrogens (primary N) is 1. The second kappa shape index (κ2) is 7.08. The van der Waals surface area contributed by atoms with E-state index in [9.17, 15) is 9.65 Å². The number of halogens is 1. The summed E-state index contributed by atoms with van der Waals surface area (Å²) >= 11 is 0. The van der Waals surface area contributed by atoms with Gasteiger partial charge in [-0.25, -0.2) is 19.0 Å². The minimum Gasteiger partial charge on any atom is -0.381 e. The Labute approximate surface area is 164 Å². The highest BCUT2D eigenvalue weighted by Gasteiger charge is 2.19. The number of benzene rings is 1. The fraction of sp³-hybridized carbons (Fsp3) is 0.167. The lowest BCUT2D eigenvalue weighted by Crippen LogP contribution is -2.04. The van der Waals surface area contributed by atoms with E-state index in [-0.39, 0.29) is 23.0 Å². The second-order valence-corrected chi connectivity index (χ2v) is 6.31. The fourth-order valence-corrected chi connectivity index (χ4v) is 2.86. The molecule has 0 bridgehead atoms. The van der Waals surface area contributed by atoms with Gasteiger partial charge in [0.15, 0.2) is 17.5 Å². The molecule has 0 saturated heterocycles. The molecule has 0 saturated carbocycles. The third-order valence-corrected chi connectivity index (χ3v) is 4.32. The van der Waals surface area contributed by atoms with Gasteiger partial charge < -0.3 is 5.73 Å². The van der Waals surface area contributed by atoms with Gasteiger partial charge in [0.25, 0.3) is 0 Å². The van der Waals surface area contributed by atoms with Crippen molar-refractivity contribution in [2.45, 2.75) is 13.5 Å². The van der Waals surface area contributed by atoms with E-state index in [1.165, 1.54) is 9.48 Å². The predicted molar refractivity (Wildman–Crippen MR) is 100 cm³/mol. The van der Waals surface area contributed by atoms with Gasteiger partial charge in [-0.1, -0.05) is 17.3 Å². The van der Waals surface area contributed by atoms with Gasteiger partial charge in [0.2, 0.25) is 0 Å². The van der Waals surface area contributed by atoms with Crippen LogP contribution in [0.3, 0.4) is 0 Å². The number of rotatable bonds is 4. The zero-order chi connectivity index (χ0) is 20.5. The molecule has 3 heterocycles. The van der Waals surface area contributed by atoms with E-state index in [2.05, 4.69) is 36.5 Å². The van der Waals surface area contributed by atoms with Crippen LogP contribution in [0.1, 0.15) is 16.8 Å². The number of aromatic nitrogens is 8. The lowest BCUT2D eigenvalue weighted by Gasteiger charge is -2.09. The van der Waals surface area contributed by atoms with E-state index in [1.54, 1.807) is 44.6 Å². The molecule has 4 rings (SSSR count). The van der Waals surface area contributed by atoms with Crippen LogP contribution >= 0.6 is 0 Å². The molecular weight excluding hydrogens is 375 g/mol. The van der Waals surface area contributed by atoms with Gasteiger partial charge in [0, 0.05) is 12.6 Å². The quantitative estimate of drug-likeness (QED) is 0.553. The molecule has 2 N–H and O–H groups in total. The molecule has 144 valence electrons. The first-order chi connectivity index (χ1) is 14.0. The molecule has 0 unspecified atom stereocenters. The number of hydrogen-bond acceptors (Lipinski definition) is 8. The zero-order valence-corrected chi connectivity index (χ0v) is 15.6. The van der Waals surface area contributed by atoms with E-state index < -0.39 is 5.82 Å². The summed E-state index contributed by atoms with van der Waals surface area (Å²) in [4.78, 5) is 9.79. The van der Waals surface area contributed by atoms with Crippen LogP contribution < -0.4 is 5.73 Å². The Morgan fingerprint density at radius 3 is 2.83 bits per heavy atom. The monoisotopic (exact) mass is 390 g/mol. The number of nitrogen functional groups attached to an aromatic ring is 1. The van der Waals surface area contributed by atoms with Crippen LogP contribution in [0, 0.1) is 24.1 Å². The maximum Gasteiger partial charge on any atom is 0.193 e. The number of nitriles is 1. The highest BCUT2D eigenvalue weighted by molar-refractivity contribution is 5.69. The van der Waals surface area contributed by atoms with E-state index in [1.807, 2.05) is 0 Å². The van der Waals surface area contributed by atoms with Crippen molar-refractivity contribution >= 4 is 5.82 Å². The summed E-state index contributed by atoms with van der Waals surface area (Å²) in [7, 11) is 1.71. The van der Waals surface area contributed by atoms with Crippen LogP contribution in [-0.2, 0) is 13.6 Å². The van der Waals surface area contributed by atoms with Crippen molar-refractivity contribution in [1.82, 2.24) is 40.0 Å². The molecular formula is C18H15FN10. The van der Waals surface area contributed by atoms with Crippen molar-refractivity contribution in [1.29, 1.82) is 5.26 Å². The third kappa shape index (κ3) is 3.39. The van der Waals surface area contributed by atoms with E-state index in [0.29, 0.717) is 28.9 Å². The van der Waals surface area contributed by atoms with E-state index >= 15 is 0 Å². The number of anilines is 1. The van der Waals surface area contributed by atoms with Crippen LogP contribution in [0.5, 0.6) is 0 Å². The van der Waals surface area contributed by atoms with Gasteiger partial charge in [-0.15, -0.1) is 5.10 Å². The smallest absolute Gasteiger partial charge is 0.193 e. The number of aryl methyl sites for hydroxylation is 1. The molecule has 3 aromatic heterocycles.